The molecule has 2 heterocycles. The predicted molar refractivity (Wildman–Crippen MR) is 110 cm³/mol. The summed E-state index contributed by atoms with van der Waals surface area (Å²) in [7, 11) is 0. The molecule has 0 aliphatic carbocycles. The highest BCUT2D eigenvalue weighted by atomic mass is 19.4. The van der Waals surface area contributed by atoms with Crippen LogP contribution in [0.3, 0.4) is 0 Å². The zero-order valence-corrected chi connectivity index (χ0v) is 17.0. The van der Waals surface area contributed by atoms with Crippen LogP contribution in [0.2, 0.25) is 0 Å². The summed E-state index contributed by atoms with van der Waals surface area (Å²) in [5.41, 5.74) is -0.448. The van der Waals surface area contributed by atoms with Crippen LogP contribution in [0.5, 0.6) is 0 Å². The van der Waals surface area contributed by atoms with Gasteiger partial charge in [0.25, 0.3) is 0 Å². The van der Waals surface area contributed by atoms with Crippen LogP contribution in [-0.4, -0.2) is 41.1 Å². The third-order valence-electron chi connectivity index (χ3n) is 5.53. The summed E-state index contributed by atoms with van der Waals surface area (Å²) in [6.45, 7) is 2.24. The van der Waals surface area contributed by atoms with Crippen LogP contribution in [0.15, 0.2) is 52.4 Å². The Hall–Kier alpha value is -3.30. The number of hydrogen-bond donors (Lipinski definition) is 1. The molecule has 168 valence electrons. The van der Waals surface area contributed by atoms with Crippen molar-refractivity contribution in [1.82, 2.24) is 4.90 Å². The fraction of sp³-hybridized carbons (Fsp3) is 0.318. The highest BCUT2D eigenvalue weighted by Gasteiger charge is 2.40. The first-order valence-corrected chi connectivity index (χ1v) is 9.92. The molecule has 2 aromatic rings. The molecule has 1 fully saturated rings. The van der Waals surface area contributed by atoms with Crippen molar-refractivity contribution >= 4 is 23.1 Å². The SMILES string of the molecule is CC1=NC2(CCN(C(=O)Nc3ccc(F)cc3F)CC2)N=C1c1cccc(C(F)(F)F)c1. The minimum Gasteiger partial charge on any atom is -0.324 e. The summed E-state index contributed by atoms with van der Waals surface area (Å²) in [6.07, 6.45) is -3.72. The number of aliphatic imine (C=N–C) groups is 2. The van der Waals surface area contributed by atoms with Gasteiger partial charge >= 0.3 is 12.2 Å². The minimum atomic E-state index is -4.46. The van der Waals surface area contributed by atoms with E-state index in [2.05, 4.69) is 15.3 Å². The minimum absolute atomic E-state index is 0.128. The molecule has 10 heteroatoms. The van der Waals surface area contributed by atoms with E-state index in [4.69, 9.17) is 0 Å². The first kappa shape index (κ1) is 21.9. The number of likely N-dealkylation sites (tertiary alicyclic amines) is 1. The molecule has 2 amide bonds. The number of carbonyl (C=O) groups excluding carboxylic acids is 1. The summed E-state index contributed by atoms with van der Waals surface area (Å²) in [5, 5.41) is 2.42. The number of nitrogens with one attached hydrogen (secondary N) is 1. The molecule has 0 unspecified atom stereocenters. The molecule has 0 aromatic heterocycles. The number of nitrogens with zero attached hydrogens (tertiary/aromatic N) is 3. The summed E-state index contributed by atoms with van der Waals surface area (Å²) >= 11 is 0. The van der Waals surface area contributed by atoms with Gasteiger partial charge in [-0.2, -0.15) is 13.2 Å². The van der Waals surface area contributed by atoms with Crippen LogP contribution in [0.4, 0.5) is 32.4 Å². The molecule has 1 spiro atoms. The largest absolute Gasteiger partial charge is 0.416 e. The average molecular weight is 450 g/mol. The predicted octanol–water partition coefficient (Wildman–Crippen LogP) is 5.27. The summed E-state index contributed by atoms with van der Waals surface area (Å²) < 4.78 is 66.0. The standard InChI is InChI=1S/C22H19F5N4O/c1-13-19(14-3-2-4-15(11-14)22(25,26)27)30-21(29-13)7-9-31(10-8-21)20(32)28-18-6-5-16(23)12-17(18)24/h2-6,11-12H,7-10H2,1H3,(H,28,32). The number of amides is 2. The molecule has 2 aromatic carbocycles. The van der Waals surface area contributed by atoms with Crippen molar-refractivity contribution in [3.05, 3.63) is 65.2 Å². The van der Waals surface area contributed by atoms with Crippen molar-refractivity contribution in [2.75, 3.05) is 18.4 Å². The third kappa shape index (κ3) is 4.35. The van der Waals surface area contributed by atoms with E-state index in [9.17, 15) is 26.7 Å². The van der Waals surface area contributed by atoms with Gasteiger partial charge < -0.3 is 10.2 Å². The average Bonchev–Trinajstić information content (AvgIpc) is 3.05. The summed E-state index contributed by atoms with van der Waals surface area (Å²) in [4.78, 5) is 23.2. The van der Waals surface area contributed by atoms with Crippen molar-refractivity contribution in [3.8, 4) is 0 Å². The maximum Gasteiger partial charge on any atom is 0.416 e. The van der Waals surface area contributed by atoms with E-state index in [0.717, 1.165) is 24.3 Å². The van der Waals surface area contributed by atoms with Gasteiger partial charge in [0.05, 0.1) is 22.7 Å². The number of carbonyl (C=O) groups is 1. The number of rotatable bonds is 2. The van der Waals surface area contributed by atoms with Gasteiger partial charge in [-0.15, -0.1) is 0 Å². The van der Waals surface area contributed by atoms with Crippen molar-refractivity contribution in [2.45, 2.75) is 31.6 Å². The Morgan fingerprint density at radius 2 is 1.78 bits per heavy atom. The Labute approximate surface area is 180 Å². The van der Waals surface area contributed by atoms with E-state index >= 15 is 0 Å². The second-order valence-corrected chi connectivity index (χ2v) is 7.76. The lowest BCUT2D eigenvalue weighted by atomic mass is 9.98. The van der Waals surface area contributed by atoms with Crippen LogP contribution in [0.1, 0.15) is 30.9 Å². The van der Waals surface area contributed by atoms with Crippen molar-refractivity contribution < 1.29 is 26.7 Å². The molecule has 0 radical (unpaired) electrons. The van der Waals surface area contributed by atoms with Gasteiger partial charge in [0, 0.05) is 37.6 Å². The molecule has 2 aliphatic heterocycles. The smallest absolute Gasteiger partial charge is 0.324 e. The Balaban J connectivity index is 1.46. The number of benzene rings is 2. The molecule has 0 bridgehead atoms. The molecule has 1 saturated heterocycles. The second-order valence-electron chi connectivity index (χ2n) is 7.76. The lowest BCUT2D eigenvalue weighted by Crippen LogP contribution is -2.46. The monoisotopic (exact) mass is 450 g/mol. The molecule has 4 rings (SSSR count). The molecule has 5 nitrogen and oxygen atoms in total. The highest BCUT2D eigenvalue weighted by Crippen LogP contribution is 2.35. The van der Waals surface area contributed by atoms with Crippen molar-refractivity contribution in [2.24, 2.45) is 9.98 Å². The fourth-order valence-electron chi connectivity index (χ4n) is 3.87. The highest BCUT2D eigenvalue weighted by molar-refractivity contribution is 6.48. The Bertz CT molecular complexity index is 1120. The van der Waals surface area contributed by atoms with E-state index < -0.39 is 35.1 Å². The third-order valence-corrected chi connectivity index (χ3v) is 5.53. The van der Waals surface area contributed by atoms with Gasteiger partial charge in [-0.3, -0.25) is 9.98 Å². The Morgan fingerprint density at radius 1 is 1.06 bits per heavy atom. The number of alkyl halides is 3. The van der Waals surface area contributed by atoms with Gasteiger partial charge in [0.15, 0.2) is 5.66 Å². The number of hydrogen-bond acceptors (Lipinski definition) is 3. The normalized spacial score (nSPS) is 17.9. The van der Waals surface area contributed by atoms with E-state index in [1.165, 1.54) is 11.0 Å². The van der Waals surface area contributed by atoms with Crippen LogP contribution < -0.4 is 5.32 Å². The van der Waals surface area contributed by atoms with E-state index in [-0.39, 0.29) is 18.8 Å². The quantitative estimate of drug-likeness (QED) is 0.623. The fourth-order valence-corrected chi connectivity index (χ4v) is 3.87. The zero-order chi connectivity index (χ0) is 23.1. The van der Waals surface area contributed by atoms with Crippen LogP contribution >= 0.6 is 0 Å². The maximum absolute atomic E-state index is 13.8. The Morgan fingerprint density at radius 3 is 2.44 bits per heavy atom. The molecule has 1 N–H and O–H groups in total. The van der Waals surface area contributed by atoms with Gasteiger partial charge in [0.2, 0.25) is 0 Å². The maximum atomic E-state index is 13.8. The van der Waals surface area contributed by atoms with Gasteiger partial charge in [-0.1, -0.05) is 12.1 Å². The first-order valence-electron chi connectivity index (χ1n) is 9.92. The summed E-state index contributed by atoms with van der Waals surface area (Å²) in [6, 6.07) is 7.28. The Kier molecular flexibility index (Phi) is 5.47. The van der Waals surface area contributed by atoms with Crippen molar-refractivity contribution in [3.63, 3.8) is 0 Å². The molecule has 32 heavy (non-hydrogen) atoms. The molecule has 0 saturated carbocycles. The van der Waals surface area contributed by atoms with E-state index in [1.54, 1.807) is 13.0 Å². The van der Waals surface area contributed by atoms with E-state index in [0.29, 0.717) is 35.9 Å². The lowest BCUT2D eigenvalue weighted by molar-refractivity contribution is -0.137. The number of urea groups is 1. The van der Waals surface area contributed by atoms with E-state index in [1.807, 2.05) is 0 Å². The number of piperidine rings is 1. The number of anilines is 1. The van der Waals surface area contributed by atoms with Crippen molar-refractivity contribution in [1.29, 1.82) is 0 Å². The molecule has 0 atom stereocenters. The first-order chi connectivity index (χ1) is 15.1. The topological polar surface area (TPSA) is 57.1 Å². The van der Waals surface area contributed by atoms with Gasteiger partial charge in [-0.05, 0) is 31.2 Å². The van der Waals surface area contributed by atoms with Gasteiger partial charge in [0.1, 0.15) is 11.6 Å². The lowest BCUT2D eigenvalue weighted by Gasteiger charge is -2.35. The molecular weight excluding hydrogens is 431 g/mol. The van der Waals surface area contributed by atoms with Gasteiger partial charge in [-0.25, -0.2) is 13.6 Å². The molecule has 2 aliphatic rings. The molecular formula is C22H19F5N4O. The second kappa shape index (κ2) is 7.99. The number of halogens is 5. The summed E-state index contributed by atoms with van der Waals surface area (Å²) in [5.74, 6) is -1.62. The van der Waals surface area contributed by atoms with Crippen LogP contribution in [0, 0.1) is 11.6 Å². The van der Waals surface area contributed by atoms with Crippen LogP contribution in [-0.2, 0) is 6.18 Å². The van der Waals surface area contributed by atoms with Crippen LogP contribution in [0.25, 0.3) is 0 Å². The zero-order valence-electron chi connectivity index (χ0n) is 17.0.